The zero-order chi connectivity index (χ0) is 13.7. The summed E-state index contributed by atoms with van der Waals surface area (Å²) in [4.78, 5) is 16.4. The van der Waals surface area contributed by atoms with E-state index in [4.69, 9.17) is 0 Å². The quantitative estimate of drug-likeness (QED) is 0.858. The number of amides is 1. The summed E-state index contributed by atoms with van der Waals surface area (Å²) in [6, 6.07) is 7.73. The number of carbonyl (C=O) groups is 1. The van der Waals surface area contributed by atoms with Gasteiger partial charge in [0.25, 0.3) is 5.91 Å². The number of benzene rings is 1. The minimum absolute atomic E-state index is 0.00554. The number of hydrogen-bond donors (Lipinski definition) is 1. The predicted octanol–water partition coefficient (Wildman–Crippen LogP) is 3.49. The average Bonchev–Trinajstić information content (AvgIpc) is 2.83. The lowest BCUT2D eigenvalue weighted by molar-refractivity contribution is 0.0955. The number of carbonyl (C=O) groups excluding carboxylic acids is 1. The minimum Gasteiger partial charge on any atom is -0.352 e. The molecular formula is C14H16N2OS2. The van der Waals surface area contributed by atoms with Crippen LogP contribution in [0.3, 0.4) is 0 Å². The first-order valence-electron chi connectivity index (χ1n) is 6.11. The van der Waals surface area contributed by atoms with Crippen LogP contribution in [0.15, 0.2) is 34.0 Å². The van der Waals surface area contributed by atoms with Gasteiger partial charge in [0.05, 0.1) is 0 Å². The van der Waals surface area contributed by atoms with Crippen LogP contribution in [-0.4, -0.2) is 17.4 Å². The van der Waals surface area contributed by atoms with Crippen molar-refractivity contribution in [3.05, 3.63) is 46.5 Å². The summed E-state index contributed by atoms with van der Waals surface area (Å²) in [5.74, 6) is 0.759. The number of hydrogen-bond acceptors (Lipinski definition) is 4. The Kier molecular flexibility index (Phi) is 4.99. The van der Waals surface area contributed by atoms with Crippen molar-refractivity contribution < 1.29 is 4.79 Å². The summed E-state index contributed by atoms with van der Waals surface area (Å²) in [5.41, 5.74) is 2.85. The van der Waals surface area contributed by atoms with E-state index in [-0.39, 0.29) is 5.91 Å². The van der Waals surface area contributed by atoms with Gasteiger partial charge in [0, 0.05) is 28.9 Å². The van der Waals surface area contributed by atoms with E-state index in [1.54, 1.807) is 23.1 Å². The Bertz CT molecular complexity index is 566. The summed E-state index contributed by atoms with van der Waals surface area (Å²) in [5, 5.41) is 4.88. The lowest BCUT2D eigenvalue weighted by Gasteiger charge is -2.08. The third kappa shape index (κ3) is 3.81. The highest BCUT2D eigenvalue weighted by Crippen LogP contribution is 2.27. The van der Waals surface area contributed by atoms with Gasteiger partial charge in [-0.2, -0.15) is 0 Å². The molecule has 1 aromatic carbocycles. The lowest BCUT2D eigenvalue weighted by atomic mass is 10.1. The van der Waals surface area contributed by atoms with Crippen LogP contribution in [-0.2, 0) is 5.75 Å². The number of rotatable bonds is 5. The van der Waals surface area contributed by atoms with Gasteiger partial charge in [0.15, 0.2) is 0 Å². The van der Waals surface area contributed by atoms with Crippen LogP contribution in [0, 0.1) is 6.92 Å². The molecule has 0 radical (unpaired) electrons. The van der Waals surface area contributed by atoms with Crippen molar-refractivity contribution in [1.82, 2.24) is 10.3 Å². The normalized spacial score (nSPS) is 10.4. The van der Waals surface area contributed by atoms with Gasteiger partial charge in [0.1, 0.15) is 4.34 Å². The zero-order valence-electron chi connectivity index (χ0n) is 11.0. The summed E-state index contributed by atoms with van der Waals surface area (Å²) < 4.78 is 1.04. The molecule has 2 rings (SSSR count). The Hall–Kier alpha value is -1.33. The molecule has 2 aromatic rings. The number of aryl methyl sites for hydroxylation is 1. The number of nitrogens with zero attached hydrogens (tertiary/aromatic N) is 1. The minimum atomic E-state index is -0.00554. The molecule has 0 spiro atoms. The van der Waals surface area contributed by atoms with Crippen LogP contribution < -0.4 is 5.32 Å². The van der Waals surface area contributed by atoms with Crippen LogP contribution >= 0.6 is 23.1 Å². The van der Waals surface area contributed by atoms with Crippen LogP contribution in [0.5, 0.6) is 0 Å². The molecule has 0 bridgehead atoms. The molecule has 1 amide bonds. The molecule has 1 N–H and O–H groups in total. The van der Waals surface area contributed by atoms with Crippen molar-refractivity contribution in [2.75, 3.05) is 6.54 Å². The molecule has 0 aliphatic heterocycles. The van der Waals surface area contributed by atoms with Gasteiger partial charge < -0.3 is 5.32 Å². The van der Waals surface area contributed by atoms with Gasteiger partial charge in [-0.1, -0.05) is 30.0 Å². The Labute approximate surface area is 121 Å². The molecule has 19 heavy (non-hydrogen) atoms. The Balaban J connectivity index is 2.09. The summed E-state index contributed by atoms with van der Waals surface area (Å²) in [7, 11) is 0. The smallest absolute Gasteiger partial charge is 0.251 e. The SMILES string of the molecule is CCNC(=O)c1ccccc1CSc1nc(C)cs1. The third-order valence-electron chi connectivity index (χ3n) is 2.55. The van der Waals surface area contributed by atoms with E-state index in [0.29, 0.717) is 6.54 Å². The van der Waals surface area contributed by atoms with E-state index >= 15 is 0 Å². The standard InChI is InChI=1S/C14H16N2OS2/c1-3-15-13(17)12-7-5-4-6-11(12)9-19-14-16-10(2)8-18-14/h4-8H,3,9H2,1-2H3,(H,15,17). The van der Waals surface area contributed by atoms with Gasteiger partial charge in [-0.05, 0) is 25.5 Å². The van der Waals surface area contributed by atoms with Crippen LogP contribution in [0.2, 0.25) is 0 Å². The molecule has 0 saturated heterocycles. The van der Waals surface area contributed by atoms with E-state index < -0.39 is 0 Å². The first kappa shape index (κ1) is 14.1. The first-order valence-corrected chi connectivity index (χ1v) is 7.98. The molecule has 0 fully saturated rings. The largest absolute Gasteiger partial charge is 0.352 e. The molecule has 100 valence electrons. The van der Waals surface area contributed by atoms with Gasteiger partial charge in [0.2, 0.25) is 0 Å². The molecular weight excluding hydrogens is 276 g/mol. The van der Waals surface area contributed by atoms with Gasteiger partial charge in [-0.3, -0.25) is 4.79 Å². The summed E-state index contributed by atoms with van der Waals surface area (Å²) >= 11 is 3.32. The highest BCUT2D eigenvalue weighted by Gasteiger charge is 2.10. The predicted molar refractivity (Wildman–Crippen MR) is 80.9 cm³/mol. The molecule has 1 heterocycles. The molecule has 0 saturated carbocycles. The Morgan fingerprint density at radius 2 is 2.21 bits per heavy atom. The second kappa shape index (κ2) is 6.73. The number of thioether (sulfide) groups is 1. The fourth-order valence-electron chi connectivity index (χ4n) is 1.66. The highest BCUT2D eigenvalue weighted by atomic mass is 32.2. The molecule has 0 aliphatic rings. The van der Waals surface area contributed by atoms with Crippen LogP contribution in [0.25, 0.3) is 0 Å². The summed E-state index contributed by atoms with van der Waals surface area (Å²) in [6.45, 7) is 4.56. The Morgan fingerprint density at radius 3 is 2.89 bits per heavy atom. The van der Waals surface area contributed by atoms with E-state index in [1.165, 1.54) is 0 Å². The van der Waals surface area contributed by atoms with Crippen molar-refractivity contribution >= 4 is 29.0 Å². The lowest BCUT2D eigenvalue weighted by Crippen LogP contribution is -2.23. The van der Waals surface area contributed by atoms with Crippen molar-refractivity contribution in [2.24, 2.45) is 0 Å². The topological polar surface area (TPSA) is 42.0 Å². The fraction of sp³-hybridized carbons (Fsp3) is 0.286. The van der Waals surface area contributed by atoms with Crippen molar-refractivity contribution in [2.45, 2.75) is 23.9 Å². The molecule has 3 nitrogen and oxygen atoms in total. The van der Waals surface area contributed by atoms with Gasteiger partial charge >= 0.3 is 0 Å². The molecule has 5 heteroatoms. The maximum Gasteiger partial charge on any atom is 0.251 e. The van der Waals surface area contributed by atoms with Crippen molar-refractivity contribution in [3.63, 3.8) is 0 Å². The van der Waals surface area contributed by atoms with Gasteiger partial charge in [-0.25, -0.2) is 4.98 Å². The fourth-order valence-corrected chi connectivity index (χ4v) is 3.51. The number of aromatic nitrogens is 1. The van der Waals surface area contributed by atoms with Crippen molar-refractivity contribution in [1.29, 1.82) is 0 Å². The van der Waals surface area contributed by atoms with Crippen LogP contribution in [0.1, 0.15) is 28.5 Å². The molecule has 0 unspecified atom stereocenters. The first-order chi connectivity index (χ1) is 9.20. The van der Waals surface area contributed by atoms with E-state index in [1.807, 2.05) is 43.5 Å². The highest BCUT2D eigenvalue weighted by molar-refractivity contribution is 8.00. The van der Waals surface area contributed by atoms with Crippen molar-refractivity contribution in [3.8, 4) is 0 Å². The van der Waals surface area contributed by atoms with Crippen LogP contribution in [0.4, 0.5) is 0 Å². The van der Waals surface area contributed by atoms with Gasteiger partial charge in [-0.15, -0.1) is 11.3 Å². The monoisotopic (exact) mass is 292 g/mol. The second-order valence-corrected chi connectivity index (χ2v) is 6.14. The third-order valence-corrected chi connectivity index (χ3v) is 4.74. The maximum absolute atomic E-state index is 11.9. The zero-order valence-corrected chi connectivity index (χ0v) is 12.6. The average molecular weight is 292 g/mol. The molecule has 0 atom stereocenters. The van der Waals surface area contributed by atoms with E-state index in [0.717, 1.165) is 26.9 Å². The maximum atomic E-state index is 11.9. The molecule has 1 aromatic heterocycles. The summed E-state index contributed by atoms with van der Waals surface area (Å²) in [6.07, 6.45) is 0. The number of nitrogens with one attached hydrogen (secondary N) is 1. The van der Waals surface area contributed by atoms with E-state index in [9.17, 15) is 4.79 Å². The number of thiazole rings is 1. The second-order valence-electron chi connectivity index (χ2n) is 4.06. The Morgan fingerprint density at radius 1 is 1.42 bits per heavy atom. The van der Waals surface area contributed by atoms with E-state index in [2.05, 4.69) is 10.3 Å². The molecule has 0 aliphatic carbocycles.